The second kappa shape index (κ2) is 7.22. The number of nitrogens with zero attached hydrogens (tertiary/aromatic N) is 2. The zero-order chi connectivity index (χ0) is 15.2. The predicted molar refractivity (Wildman–Crippen MR) is 81.2 cm³/mol. The molecule has 1 saturated heterocycles. The molecule has 1 aliphatic heterocycles. The van der Waals surface area contributed by atoms with Crippen LogP contribution in [0.5, 0.6) is 0 Å². The number of carbonyl (C=O) groups is 2. The molecule has 0 spiro atoms. The van der Waals surface area contributed by atoms with Gasteiger partial charge in [-0.05, 0) is 18.1 Å². The van der Waals surface area contributed by atoms with Crippen molar-refractivity contribution < 1.29 is 14.3 Å². The fourth-order valence-corrected chi connectivity index (χ4v) is 2.49. The summed E-state index contributed by atoms with van der Waals surface area (Å²) in [5.74, 6) is -0.142. The van der Waals surface area contributed by atoms with Crippen molar-refractivity contribution in [3.8, 4) is 0 Å². The Hall–Kier alpha value is -1.88. The number of rotatable bonds is 4. The molecule has 2 amide bonds. The molecule has 1 aromatic carbocycles. The van der Waals surface area contributed by atoms with Crippen LogP contribution in [-0.2, 0) is 20.7 Å². The van der Waals surface area contributed by atoms with Gasteiger partial charge in [-0.1, -0.05) is 25.1 Å². The molecule has 0 unspecified atom stereocenters. The van der Waals surface area contributed by atoms with Gasteiger partial charge in [-0.2, -0.15) is 0 Å². The van der Waals surface area contributed by atoms with E-state index in [1.807, 2.05) is 31.2 Å². The molecule has 0 aliphatic carbocycles. The van der Waals surface area contributed by atoms with Gasteiger partial charge in [0.1, 0.15) is 6.54 Å². The summed E-state index contributed by atoms with van der Waals surface area (Å²) in [6.45, 7) is 5.96. The van der Waals surface area contributed by atoms with E-state index in [0.717, 1.165) is 17.7 Å². The molecule has 0 radical (unpaired) electrons. The van der Waals surface area contributed by atoms with Crippen molar-refractivity contribution in [1.82, 2.24) is 4.90 Å². The molecule has 1 aromatic rings. The highest BCUT2D eigenvalue weighted by Crippen LogP contribution is 2.21. The minimum atomic E-state index is -0.113. The molecule has 1 aliphatic rings. The summed E-state index contributed by atoms with van der Waals surface area (Å²) in [6, 6.07) is 7.73. The van der Waals surface area contributed by atoms with Gasteiger partial charge in [-0.15, -0.1) is 0 Å². The highest BCUT2D eigenvalue weighted by Gasteiger charge is 2.23. The van der Waals surface area contributed by atoms with Crippen LogP contribution in [0.1, 0.15) is 19.4 Å². The molecule has 1 heterocycles. The molecule has 0 N–H and O–H groups in total. The maximum atomic E-state index is 12.4. The first-order valence-corrected chi connectivity index (χ1v) is 7.35. The highest BCUT2D eigenvalue weighted by molar-refractivity contribution is 5.98. The molecule has 0 atom stereocenters. The predicted octanol–water partition coefficient (Wildman–Crippen LogP) is 1.46. The number of morpholine rings is 1. The number of aryl methyl sites for hydroxylation is 1. The Morgan fingerprint density at radius 1 is 1.24 bits per heavy atom. The van der Waals surface area contributed by atoms with Crippen molar-refractivity contribution in [3.05, 3.63) is 29.8 Å². The van der Waals surface area contributed by atoms with Crippen LogP contribution < -0.4 is 4.90 Å². The van der Waals surface area contributed by atoms with Crippen LogP contribution in [0.2, 0.25) is 0 Å². The van der Waals surface area contributed by atoms with E-state index in [1.54, 1.807) is 9.80 Å². The second-order valence-corrected chi connectivity index (χ2v) is 5.08. The van der Waals surface area contributed by atoms with Crippen molar-refractivity contribution in [1.29, 1.82) is 0 Å². The van der Waals surface area contributed by atoms with Gasteiger partial charge in [0.2, 0.25) is 11.8 Å². The summed E-state index contributed by atoms with van der Waals surface area (Å²) < 4.78 is 5.25. The van der Waals surface area contributed by atoms with Gasteiger partial charge in [0.15, 0.2) is 0 Å². The lowest BCUT2D eigenvalue weighted by molar-refractivity contribution is -0.134. The molecule has 0 bridgehead atoms. The largest absolute Gasteiger partial charge is 0.378 e. The number of benzene rings is 1. The fourth-order valence-electron chi connectivity index (χ4n) is 2.49. The topological polar surface area (TPSA) is 49.9 Å². The van der Waals surface area contributed by atoms with E-state index in [9.17, 15) is 9.59 Å². The zero-order valence-corrected chi connectivity index (χ0v) is 12.7. The average molecular weight is 290 g/mol. The molecular formula is C16H22N2O3. The van der Waals surface area contributed by atoms with Crippen LogP contribution in [0.4, 0.5) is 5.69 Å². The first-order chi connectivity index (χ1) is 10.1. The molecular weight excluding hydrogens is 268 g/mol. The lowest BCUT2D eigenvalue weighted by atomic mass is 10.1. The summed E-state index contributed by atoms with van der Waals surface area (Å²) in [6.07, 6.45) is 0.825. The van der Waals surface area contributed by atoms with E-state index < -0.39 is 0 Å². The minimum absolute atomic E-state index is 0.0283. The van der Waals surface area contributed by atoms with Crippen molar-refractivity contribution in [2.75, 3.05) is 37.7 Å². The quantitative estimate of drug-likeness (QED) is 0.843. The van der Waals surface area contributed by atoms with E-state index in [-0.39, 0.29) is 18.4 Å². The molecule has 5 nitrogen and oxygen atoms in total. The number of hydrogen-bond donors (Lipinski definition) is 0. The van der Waals surface area contributed by atoms with Crippen molar-refractivity contribution >= 4 is 17.5 Å². The molecule has 1 fully saturated rings. The van der Waals surface area contributed by atoms with Crippen LogP contribution in [0.15, 0.2) is 24.3 Å². The van der Waals surface area contributed by atoms with Crippen LogP contribution in [0, 0.1) is 0 Å². The maximum absolute atomic E-state index is 12.4. The van der Waals surface area contributed by atoms with Crippen LogP contribution >= 0.6 is 0 Å². The summed E-state index contributed by atoms with van der Waals surface area (Å²) >= 11 is 0. The standard InChI is InChI=1S/C16H22N2O3/c1-3-14-6-4-5-7-15(14)18(13(2)19)12-16(20)17-8-10-21-11-9-17/h4-7H,3,8-12H2,1-2H3. The first kappa shape index (κ1) is 15.5. The third-order valence-corrected chi connectivity index (χ3v) is 3.70. The van der Waals surface area contributed by atoms with Crippen LogP contribution in [0.25, 0.3) is 0 Å². The number of hydrogen-bond acceptors (Lipinski definition) is 3. The Balaban J connectivity index is 2.15. The molecule has 0 aromatic heterocycles. The third kappa shape index (κ3) is 3.82. The Morgan fingerprint density at radius 2 is 1.90 bits per heavy atom. The average Bonchev–Trinajstić information content (AvgIpc) is 2.53. The number of amides is 2. The lowest BCUT2D eigenvalue weighted by Gasteiger charge is -2.30. The zero-order valence-electron chi connectivity index (χ0n) is 12.7. The van der Waals surface area contributed by atoms with Gasteiger partial charge < -0.3 is 14.5 Å². The molecule has 0 saturated carbocycles. The lowest BCUT2D eigenvalue weighted by Crippen LogP contribution is -2.47. The Morgan fingerprint density at radius 3 is 2.52 bits per heavy atom. The van der Waals surface area contributed by atoms with E-state index >= 15 is 0 Å². The van der Waals surface area contributed by atoms with Crippen LogP contribution in [-0.4, -0.2) is 49.6 Å². The van der Waals surface area contributed by atoms with E-state index in [2.05, 4.69) is 0 Å². The monoisotopic (exact) mass is 290 g/mol. The van der Waals surface area contributed by atoms with Crippen molar-refractivity contribution in [3.63, 3.8) is 0 Å². The summed E-state index contributed by atoms with van der Waals surface area (Å²) in [7, 11) is 0. The number of anilines is 1. The van der Waals surface area contributed by atoms with Gasteiger partial charge >= 0.3 is 0 Å². The minimum Gasteiger partial charge on any atom is -0.378 e. The molecule has 114 valence electrons. The smallest absolute Gasteiger partial charge is 0.242 e. The molecule has 2 rings (SSSR count). The fraction of sp³-hybridized carbons (Fsp3) is 0.500. The molecule has 5 heteroatoms. The molecule has 21 heavy (non-hydrogen) atoms. The Kier molecular flexibility index (Phi) is 5.33. The van der Waals surface area contributed by atoms with E-state index in [4.69, 9.17) is 4.74 Å². The SMILES string of the molecule is CCc1ccccc1N(CC(=O)N1CCOCC1)C(C)=O. The van der Waals surface area contributed by atoms with Crippen molar-refractivity contribution in [2.45, 2.75) is 20.3 Å². The Labute approximate surface area is 125 Å². The summed E-state index contributed by atoms with van der Waals surface area (Å²) in [5.41, 5.74) is 1.90. The van der Waals surface area contributed by atoms with Gasteiger partial charge in [-0.3, -0.25) is 9.59 Å². The highest BCUT2D eigenvalue weighted by atomic mass is 16.5. The van der Waals surface area contributed by atoms with E-state index in [1.165, 1.54) is 6.92 Å². The van der Waals surface area contributed by atoms with Gasteiger partial charge in [0.25, 0.3) is 0 Å². The van der Waals surface area contributed by atoms with Gasteiger partial charge in [0, 0.05) is 25.7 Å². The van der Waals surface area contributed by atoms with E-state index in [0.29, 0.717) is 26.3 Å². The maximum Gasteiger partial charge on any atom is 0.242 e. The van der Waals surface area contributed by atoms with Gasteiger partial charge in [0.05, 0.1) is 13.2 Å². The number of carbonyl (C=O) groups excluding carboxylic acids is 2. The number of ether oxygens (including phenoxy) is 1. The Bertz CT molecular complexity index is 510. The number of para-hydroxylation sites is 1. The second-order valence-electron chi connectivity index (χ2n) is 5.08. The first-order valence-electron chi connectivity index (χ1n) is 7.35. The third-order valence-electron chi connectivity index (χ3n) is 3.70. The summed E-state index contributed by atoms with van der Waals surface area (Å²) in [5, 5.41) is 0. The van der Waals surface area contributed by atoms with Crippen LogP contribution in [0.3, 0.4) is 0 Å². The normalized spacial score (nSPS) is 14.9. The van der Waals surface area contributed by atoms with Gasteiger partial charge in [-0.25, -0.2) is 0 Å². The summed E-state index contributed by atoms with van der Waals surface area (Å²) in [4.78, 5) is 27.6. The van der Waals surface area contributed by atoms with Crippen molar-refractivity contribution in [2.24, 2.45) is 0 Å².